The summed E-state index contributed by atoms with van der Waals surface area (Å²) in [4.78, 5) is 38.8. The molecule has 0 aliphatic heterocycles. The van der Waals surface area contributed by atoms with Crippen molar-refractivity contribution in [1.29, 1.82) is 0 Å². The van der Waals surface area contributed by atoms with Crippen LogP contribution in [-0.4, -0.2) is 21.6 Å². The van der Waals surface area contributed by atoms with E-state index < -0.39 is 17.4 Å². The van der Waals surface area contributed by atoms with Gasteiger partial charge in [-0.15, -0.1) is 0 Å². The average Bonchev–Trinajstić information content (AvgIpc) is 2.84. The highest BCUT2D eigenvalue weighted by Crippen LogP contribution is 2.20. The fourth-order valence-electron chi connectivity index (χ4n) is 3.58. The number of carbonyl (C=O) groups excluding carboxylic acids is 2. The van der Waals surface area contributed by atoms with E-state index in [-0.39, 0.29) is 12.2 Å². The second-order valence-corrected chi connectivity index (χ2v) is 8.46. The predicted octanol–water partition coefficient (Wildman–Crippen LogP) is 4.73. The summed E-state index contributed by atoms with van der Waals surface area (Å²) in [6.45, 7) is 5.50. The fraction of sp³-hybridized carbons (Fsp3) is 0.143. The molecule has 1 heterocycles. The molecule has 4 rings (SSSR count). The number of hydrogen-bond donors (Lipinski definition) is 2. The molecule has 0 radical (unpaired) electrons. The highest BCUT2D eigenvalue weighted by atomic mass is 16.2. The summed E-state index contributed by atoms with van der Waals surface area (Å²) in [6.07, 6.45) is 0. The van der Waals surface area contributed by atoms with Crippen molar-refractivity contribution in [2.75, 3.05) is 10.6 Å². The lowest BCUT2D eigenvalue weighted by molar-refractivity contribution is -0.117. The Morgan fingerprint density at radius 2 is 1.49 bits per heavy atom. The molecule has 0 unspecified atom stereocenters. The van der Waals surface area contributed by atoms with Crippen molar-refractivity contribution in [3.8, 4) is 11.3 Å². The van der Waals surface area contributed by atoms with Crippen LogP contribution in [0.15, 0.2) is 83.7 Å². The lowest BCUT2D eigenvalue weighted by atomic mass is 10.1. The van der Waals surface area contributed by atoms with Crippen LogP contribution in [0.2, 0.25) is 0 Å². The summed E-state index contributed by atoms with van der Waals surface area (Å²) in [7, 11) is 0. The first-order chi connectivity index (χ1) is 16.8. The smallest absolute Gasteiger partial charge is 0.291 e. The Bertz CT molecular complexity index is 1440. The van der Waals surface area contributed by atoms with Crippen molar-refractivity contribution in [2.24, 2.45) is 0 Å². The number of hydrogen-bond acceptors (Lipinski definition) is 4. The van der Waals surface area contributed by atoms with E-state index in [0.29, 0.717) is 16.9 Å². The van der Waals surface area contributed by atoms with Crippen molar-refractivity contribution in [3.05, 3.63) is 111 Å². The van der Waals surface area contributed by atoms with E-state index in [0.717, 1.165) is 26.9 Å². The summed E-state index contributed by atoms with van der Waals surface area (Å²) in [6, 6.07) is 23.5. The SMILES string of the molecule is Cc1ccc(-c2cc(NC(=O)c3ccccc3)c(=O)n(CC(=O)Nc3cc(C)ccc3C)n2)cc1. The topological polar surface area (TPSA) is 93.1 Å². The second-order valence-electron chi connectivity index (χ2n) is 8.46. The lowest BCUT2D eigenvalue weighted by Gasteiger charge is -2.13. The van der Waals surface area contributed by atoms with Crippen LogP contribution in [0.25, 0.3) is 11.3 Å². The highest BCUT2D eigenvalue weighted by molar-refractivity contribution is 6.04. The van der Waals surface area contributed by atoms with Gasteiger partial charge in [-0.05, 0) is 56.2 Å². The molecule has 7 heteroatoms. The van der Waals surface area contributed by atoms with Crippen LogP contribution in [0.4, 0.5) is 11.4 Å². The number of anilines is 2. The molecule has 0 aliphatic carbocycles. The Kier molecular flexibility index (Phi) is 6.87. The zero-order valence-corrected chi connectivity index (χ0v) is 19.8. The third kappa shape index (κ3) is 5.70. The molecule has 4 aromatic rings. The number of nitrogens with zero attached hydrogens (tertiary/aromatic N) is 2. The molecule has 0 saturated heterocycles. The van der Waals surface area contributed by atoms with Gasteiger partial charge < -0.3 is 10.6 Å². The van der Waals surface area contributed by atoms with Gasteiger partial charge in [0.25, 0.3) is 11.5 Å². The Morgan fingerprint density at radius 1 is 0.800 bits per heavy atom. The molecule has 1 aromatic heterocycles. The van der Waals surface area contributed by atoms with E-state index in [1.807, 2.05) is 63.2 Å². The molecule has 0 bridgehead atoms. The van der Waals surface area contributed by atoms with Gasteiger partial charge in [-0.2, -0.15) is 5.10 Å². The molecule has 2 amide bonds. The van der Waals surface area contributed by atoms with Crippen molar-refractivity contribution in [1.82, 2.24) is 9.78 Å². The van der Waals surface area contributed by atoms with Crippen molar-refractivity contribution < 1.29 is 9.59 Å². The maximum absolute atomic E-state index is 13.2. The molecule has 2 N–H and O–H groups in total. The molecule has 0 spiro atoms. The molecular weight excluding hydrogens is 440 g/mol. The van der Waals surface area contributed by atoms with E-state index in [1.165, 1.54) is 6.07 Å². The highest BCUT2D eigenvalue weighted by Gasteiger charge is 2.16. The van der Waals surface area contributed by atoms with Gasteiger partial charge >= 0.3 is 0 Å². The third-order valence-corrected chi connectivity index (χ3v) is 5.57. The molecule has 0 aliphatic rings. The summed E-state index contributed by atoms with van der Waals surface area (Å²) in [5, 5.41) is 9.96. The van der Waals surface area contributed by atoms with Crippen LogP contribution in [-0.2, 0) is 11.3 Å². The van der Waals surface area contributed by atoms with Crippen LogP contribution in [0.3, 0.4) is 0 Å². The monoisotopic (exact) mass is 466 g/mol. The van der Waals surface area contributed by atoms with Gasteiger partial charge in [0.05, 0.1) is 5.69 Å². The van der Waals surface area contributed by atoms with Crippen molar-refractivity contribution in [2.45, 2.75) is 27.3 Å². The number of aromatic nitrogens is 2. The number of amides is 2. The van der Waals surface area contributed by atoms with Crippen molar-refractivity contribution >= 4 is 23.2 Å². The average molecular weight is 467 g/mol. The maximum atomic E-state index is 13.2. The first-order valence-corrected chi connectivity index (χ1v) is 11.2. The minimum atomic E-state index is -0.568. The predicted molar refractivity (Wildman–Crippen MR) is 138 cm³/mol. The summed E-state index contributed by atoms with van der Waals surface area (Å²) < 4.78 is 1.08. The maximum Gasteiger partial charge on any atom is 0.291 e. The molecular formula is C28H26N4O3. The van der Waals surface area contributed by atoms with Crippen LogP contribution >= 0.6 is 0 Å². The van der Waals surface area contributed by atoms with Gasteiger partial charge in [-0.3, -0.25) is 14.4 Å². The number of nitrogens with one attached hydrogen (secondary N) is 2. The van der Waals surface area contributed by atoms with E-state index in [9.17, 15) is 14.4 Å². The first-order valence-electron chi connectivity index (χ1n) is 11.2. The van der Waals surface area contributed by atoms with E-state index in [4.69, 9.17) is 0 Å². The minimum absolute atomic E-state index is 0.0453. The Balaban J connectivity index is 1.68. The van der Waals surface area contributed by atoms with Crippen LogP contribution in [0.1, 0.15) is 27.0 Å². The molecule has 0 atom stereocenters. The Labute approximate surface area is 203 Å². The van der Waals surface area contributed by atoms with E-state index in [1.54, 1.807) is 30.3 Å². The summed E-state index contributed by atoms with van der Waals surface area (Å²) >= 11 is 0. The third-order valence-electron chi connectivity index (χ3n) is 5.57. The normalized spacial score (nSPS) is 10.6. The largest absolute Gasteiger partial charge is 0.324 e. The lowest BCUT2D eigenvalue weighted by Crippen LogP contribution is -2.32. The Hall–Kier alpha value is -4.52. The number of carbonyl (C=O) groups is 2. The molecule has 3 aromatic carbocycles. The van der Waals surface area contributed by atoms with Crippen LogP contribution in [0.5, 0.6) is 0 Å². The zero-order chi connectivity index (χ0) is 24.9. The van der Waals surface area contributed by atoms with Crippen LogP contribution < -0.4 is 16.2 Å². The van der Waals surface area contributed by atoms with Crippen LogP contribution in [0, 0.1) is 20.8 Å². The fourth-order valence-corrected chi connectivity index (χ4v) is 3.58. The van der Waals surface area contributed by atoms with Gasteiger partial charge in [0, 0.05) is 16.8 Å². The number of rotatable bonds is 6. The number of aryl methyl sites for hydroxylation is 3. The Morgan fingerprint density at radius 3 is 2.20 bits per heavy atom. The first kappa shape index (κ1) is 23.6. The number of benzene rings is 3. The molecule has 7 nitrogen and oxygen atoms in total. The quantitative estimate of drug-likeness (QED) is 0.430. The van der Waals surface area contributed by atoms with Gasteiger partial charge in [0.15, 0.2) is 0 Å². The van der Waals surface area contributed by atoms with Gasteiger partial charge in [0.2, 0.25) is 5.91 Å². The summed E-state index contributed by atoms with van der Waals surface area (Å²) in [5.74, 6) is -0.815. The molecule has 35 heavy (non-hydrogen) atoms. The van der Waals surface area contributed by atoms with Gasteiger partial charge in [-0.1, -0.05) is 60.2 Å². The zero-order valence-electron chi connectivity index (χ0n) is 19.8. The second kappa shape index (κ2) is 10.2. The van der Waals surface area contributed by atoms with Crippen molar-refractivity contribution in [3.63, 3.8) is 0 Å². The molecule has 0 saturated carbocycles. The van der Waals surface area contributed by atoms with Gasteiger partial charge in [0.1, 0.15) is 12.2 Å². The van der Waals surface area contributed by atoms with E-state index in [2.05, 4.69) is 15.7 Å². The molecule has 176 valence electrons. The summed E-state index contributed by atoms with van der Waals surface area (Å²) in [5.41, 5.74) is 4.79. The standard InChI is InChI=1S/C28H26N4O3/c1-18-10-13-21(14-11-18)24-16-25(30-27(34)22-7-5-4-6-8-22)28(35)32(31-24)17-26(33)29-23-15-19(2)9-12-20(23)3/h4-16H,17H2,1-3H3,(H,29,33)(H,30,34). The minimum Gasteiger partial charge on any atom is -0.324 e. The van der Waals surface area contributed by atoms with E-state index >= 15 is 0 Å². The molecule has 0 fully saturated rings. The van der Waals surface area contributed by atoms with Gasteiger partial charge in [-0.25, -0.2) is 4.68 Å².